The van der Waals surface area contributed by atoms with E-state index in [0.29, 0.717) is 5.92 Å². The number of benzene rings is 9. The molecule has 0 bridgehead atoms. The molecule has 0 saturated carbocycles. The van der Waals surface area contributed by atoms with E-state index < -0.39 is 0 Å². The summed E-state index contributed by atoms with van der Waals surface area (Å²) in [6.07, 6.45) is 9.77. The Bertz CT molecular complexity index is 3430. The third-order valence-corrected chi connectivity index (χ3v) is 13.6. The summed E-state index contributed by atoms with van der Waals surface area (Å²) in [5.41, 5.74) is 19.2. The molecule has 0 amide bonds. The molecule has 0 fully saturated rings. The summed E-state index contributed by atoms with van der Waals surface area (Å²) in [5, 5.41) is 3.84. The lowest BCUT2D eigenvalue weighted by Gasteiger charge is -2.30. The quantitative estimate of drug-likeness (QED) is 0.119. The zero-order valence-electron chi connectivity index (χ0n) is 37.9. The van der Waals surface area contributed by atoms with Gasteiger partial charge in [0.1, 0.15) is 0 Å². The van der Waals surface area contributed by atoms with Gasteiger partial charge in [0.2, 0.25) is 0 Å². The van der Waals surface area contributed by atoms with E-state index in [2.05, 4.69) is 266 Å². The molecule has 0 radical (unpaired) electrons. The number of hydrogen-bond acceptors (Lipinski definition) is 1. The van der Waals surface area contributed by atoms with Crippen LogP contribution in [0.2, 0.25) is 0 Å². The maximum atomic E-state index is 4.59. The zero-order chi connectivity index (χ0) is 45.1. The van der Waals surface area contributed by atoms with Crippen molar-refractivity contribution in [2.24, 2.45) is 0 Å². The second-order valence-electron chi connectivity index (χ2n) is 17.7. The Morgan fingerprint density at radius 2 is 1.18 bits per heavy atom. The summed E-state index contributed by atoms with van der Waals surface area (Å²) in [7, 11) is 0. The van der Waals surface area contributed by atoms with Crippen molar-refractivity contribution in [3.63, 3.8) is 0 Å². The van der Waals surface area contributed by atoms with Crippen LogP contribution in [0.4, 0.5) is 11.4 Å². The average molecular weight is 861 g/mol. The molecule has 1 unspecified atom stereocenters. The number of anilines is 2. The van der Waals surface area contributed by atoms with Gasteiger partial charge in [0.25, 0.3) is 0 Å². The SMILES string of the molecule is C=C(CCc1c(C)n(-c2ccccc2)c2cc(-c3ccccc3)cc(-c3cccc(N(C4=CCC(c5ccc6ccccc6c5)C=C4)c4ccc(-c5ccccc5)cc4)c3)c12)c1ccccc1. The molecule has 322 valence electrons. The topological polar surface area (TPSA) is 8.17 Å². The predicted molar refractivity (Wildman–Crippen MR) is 285 cm³/mol. The van der Waals surface area contributed by atoms with Gasteiger partial charge in [-0.2, -0.15) is 0 Å². The van der Waals surface area contributed by atoms with Crippen molar-refractivity contribution in [3.8, 4) is 39.1 Å². The van der Waals surface area contributed by atoms with Crippen LogP contribution in [-0.2, 0) is 6.42 Å². The number of rotatable bonds is 12. The van der Waals surface area contributed by atoms with Crippen molar-refractivity contribution in [3.05, 3.63) is 277 Å². The molecule has 1 atom stereocenters. The molecule has 1 aliphatic rings. The lowest BCUT2D eigenvalue weighted by molar-refractivity contribution is 0.841. The maximum absolute atomic E-state index is 4.59. The maximum Gasteiger partial charge on any atom is 0.0546 e. The molecule has 2 nitrogen and oxygen atoms in total. The van der Waals surface area contributed by atoms with Gasteiger partial charge in [-0.15, -0.1) is 0 Å². The number of allylic oxidation sites excluding steroid dienone is 4. The first-order valence-corrected chi connectivity index (χ1v) is 23.5. The van der Waals surface area contributed by atoms with Crippen molar-refractivity contribution >= 4 is 38.6 Å². The second kappa shape index (κ2) is 18.4. The van der Waals surface area contributed by atoms with Gasteiger partial charge >= 0.3 is 0 Å². The van der Waals surface area contributed by atoms with Crippen LogP contribution in [0.3, 0.4) is 0 Å². The van der Waals surface area contributed by atoms with E-state index in [9.17, 15) is 0 Å². The molecule has 9 aromatic carbocycles. The van der Waals surface area contributed by atoms with Crippen LogP contribution in [-0.4, -0.2) is 4.57 Å². The van der Waals surface area contributed by atoms with Crippen molar-refractivity contribution in [2.45, 2.75) is 32.1 Å². The molecule has 0 aliphatic heterocycles. The van der Waals surface area contributed by atoms with E-state index in [1.54, 1.807) is 0 Å². The molecule has 1 aromatic heterocycles. The van der Waals surface area contributed by atoms with E-state index in [1.165, 1.54) is 77.4 Å². The number of aromatic nitrogens is 1. The number of para-hydroxylation sites is 1. The van der Waals surface area contributed by atoms with Crippen LogP contribution in [0.5, 0.6) is 0 Å². The lowest BCUT2D eigenvalue weighted by Crippen LogP contribution is -2.17. The smallest absolute Gasteiger partial charge is 0.0546 e. The van der Waals surface area contributed by atoms with Crippen LogP contribution < -0.4 is 4.90 Å². The number of fused-ring (bicyclic) bond motifs is 2. The van der Waals surface area contributed by atoms with E-state index >= 15 is 0 Å². The molecule has 2 heteroatoms. The standard InChI is InChI=1S/C65H52N2/c1-46(48-18-7-3-8-19-48)30-41-62-47(2)66(58-27-13-6-14-28-58)64-45-57(50-22-11-5-12-23-50)44-63(65(62)64)56-26-17-29-61(43-56)67(59-37-33-52(34-38-59)49-20-9-4-10-21-49)60-39-35-53(36-40-60)55-32-31-51-24-15-16-25-54(51)42-55/h3-29,31-35,37-40,42-45,53H,1,30,36,41H2,2H3. The first kappa shape index (κ1) is 41.5. The normalized spacial score (nSPS) is 13.4. The Morgan fingerprint density at radius 1 is 0.552 bits per heavy atom. The average Bonchev–Trinajstić information content (AvgIpc) is 3.69. The second-order valence-corrected chi connectivity index (χ2v) is 17.7. The van der Waals surface area contributed by atoms with Gasteiger partial charge in [0.15, 0.2) is 0 Å². The van der Waals surface area contributed by atoms with Crippen LogP contribution in [0.1, 0.15) is 41.1 Å². The first-order chi connectivity index (χ1) is 33.1. The Morgan fingerprint density at radius 3 is 1.88 bits per heavy atom. The largest absolute Gasteiger partial charge is 0.314 e. The highest BCUT2D eigenvalue weighted by Gasteiger charge is 2.23. The summed E-state index contributed by atoms with van der Waals surface area (Å²) < 4.78 is 2.47. The molecule has 1 aliphatic carbocycles. The number of nitrogens with zero attached hydrogens (tertiary/aromatic N) is 2. The molecule has 0 spiro atoms. The fourth-order valence-electron chi connectivity index (χ4n) is 10.1. The molecule has 10 aromatic rings. The van der Waals surface area contributed by atoms with Gasteiger partial charge in [-0.05, 0) is 147 Å². The third-order valence-electron chi connectivity index (χ3n) is 13.6. The zero-order valence-corrected chi connectivity index (χ0v) is 37.9. The number of aryl methyl sites for hydroxylation is 1. The molecule has 0 N–H and O–H groups in total. The van der Waals surface area contributed by atoms with Crippen molar-refractivity contribution in [1.29, 1.82) is 0 Å². The van der Waals surface area contributed by atoms with Crippen LogP contribution in [0.15, 0.2) is 255 Å². The summed E-state index contributed by atoms with van der Waals surface area (Å²) >= 11 is 0. The Labute approximate surface area is 394 Å². The summed E-state index contributed by atoms with van der Waals surface area (Å²) in [6, 6.07) is 81.6. The van der Waals surface area contributed by atoms with Gasteiger partial charge < -0.3 is 9.47 Å². The monoisotopic (exact) mass is 860 g/mol. The minimum absolute atomic E-state index is 0.296. The highest BCUT2D eigenvalue weighted by Crippen LogP contribution is 2.44. The fourth-order valence-corrected chi connectivity index (χ4v) is 10.1. The molecular weight excluding hydrogens is 809 g/mol. The van der Waals surface area contributed by atoms with Crippen molar-refractivity contribution in [1.82, 2.24) is 4.57 Å². The third kappa shape index (κ3) is 8.35. The van der Waals surface area contributed by atoms with Gasteiger partial charge in [-0.3, -0.25) is 0 Å². The van der Waals surface area contributed by atoms with E-state index in [-0.39, 0.29) is 0 Å². The fraction of sp³-hybridized carbons (Fsp3) is 0.0769. The minimum atomic E-state index is 0.296. The van der Waals surface area contributed by atoms with Crippen LogP contribution >= 0.6 is 0 Å². The molecule has 11 rings (SSSR count). The van der Waals surface area contributed by atoms with Gasteiger partial charge in [-0.1, -0.05) is 195 Å². The molecule has 0 saturated heterocycles. The van der Waals surface area contributed by atoms with Gasteiger partial charge in [-0.25, -0.2) is 0 Å². The Hall–Kier alpha value is -8.20. The highest BCUT2D eigenvalue weighted by molar-refractivity contribution is 6.03. The number of hydrogen-bond donors (Lipinski definition) is 0. The molecule has 67 heavy (non-hydrogen) atoms. The van der Waals surface area contributed by atoms with Gasteiger partial charge in [0.05, 0.1) is 5.52 Å². The molecule has 1 heterocycles. The van der Waals surface area contributed by atoms with E-state index in [1.807, 2.05) is 0 Å². The highest BCUT2D eigenvalue weighted by atomic mass is 15.1. The van der Waals surface area contributed by atoms with Crippen LogP contribution in [0.25, 0.3) is 66.3 Å². The van der Waals surface area contributed by atoms with E-state index in [4.69, 9.17) is 0 Å². The first-order valence-electron chi connectivity index (χ1n) is 23.5. The predicted octanol–water partition coefficient (Wildman–Crippen LogP) is 17.5. The molecular formula is C65H52N2. The Balaban J connectivity index is 1.06. The van der Waals surface area contributed by atoms with E-state index in [0.717, 1.165) is 47.6 Å². The Kier molecular flexibility index (Phi) is 11.4. The summed E-state index contributed by atoms with van der Waals surface area (Å²) in [5.74, 6) is 0.296. The van der Waals surface area contributed by atoms with Crippen molar-refractivity contribution < 1.29 is 0 Å². The van der Waals surface area contributed by atoms with Gasteiger partial charge in [0, 0.05) is 39.8 Å². The minimum Gasteiger partial charge on any atom is -0.314 e. The lowest BCUT2D eigenvalue weighted by atomic mass is 9.89. The van der Waals surface area contributed by atoms with Crippen LogP contribution in [0, 0.1) is 6.92 Å². The van der Waals surface area contributed by atoms with Crippen molar-refractivity contribution in [2.75, 3.05) is 4.90 Å². The summed E-state index contributed by atoms with van der Waals surface area (Å²) in [4.78, 5) is 2.44. The summed E-state index contributed by atoms with van der Waals surface area (Å²) in [6.45, 7) is 6.88.